The highest BCUT2D eigenvalue weighted by Crippen LogP contribution is 2.52. The van der Waals surface area contributed by atoms with E-state index in [1.807, 2.05) is 0 Å². The van der Waals surface area contributed by atoms with E-state index in [4.69, 9.17) is 9.84 Å². The number of carbonyl (C=O) groups excluding carboxylic acids is 2. The molecule has 0 bridgehead atoms. The summed E-state index contributed by atoms with van der Waals surface area (Å²) in [5.74, 6) is -1.95. The van der Waals surface area contributed by atoms with E-state index in [9.17, 15) is 14.4 Å². The summed E-state index contributed by atoms with van der Waals surface area (Å²) in [4.78, 5) is 36.0. The number of benzene rings is 1. The van der Waals surface area contributed by atoms with Crippen LogP contribution in [0.5, 0.6) is 5.75 Å². The number of methoxy groups -OCH3 is 1. The van der Waals surface area contributed by atoms with Crippen LogP contribution in [0.15, 0.2) is 16.6 Å². The van der Waals surface area contributed by atoms with Crippen molar-refractivity contribution in [3.63, 3.8) is 0 Å². The maximum atomic E-state index is 12.7. The molecule has 6 heteroatoms. The zero-order chi connectivity index (χ0) is 16.0. The molecule has 2 aliphatic carbocycles. The Kier molecular flexibility index (Phi) is 3.80. The van der Waals surface area contributed by atoms with Gasteiger partial charge in [-0.25, -0.2) is 0 Å². The van der Waals surface area contributed by atoms with Crippen LogP contribution in [-0.2, 0) is 9.59 Å². The SMILES string of the molecule is COc1ccc(Br)c2c1C(=O)[C@@H]1C(=O)C[C@H](CC(=O)O)C[C@@H]21. The van der Waals surface area contributed by atoms with Crippen molar-refractivity contribution in [1.29, 1.82) is 0 Å². The normalized spacial score (nSPS) is 26.5. The van der Waals surface area contributed by atoms with Crippen molar-refractivity contribution in [2.75, 3.05) is 7.11 Å². The lowest BCUT2D eigenvalue weighted by Crippen LogP contribution is -2.33. The Bertz CT molecular complexity index is 681. The van der Waals surface area contributed by atoms with Gasteiger partial charge in [0.25, 0.3) is 0 Å². The van der Waals surface area contributed by atoms with Crippen LogP contribution >= 0.6 is 15.9 Å². The molecule has 1 fully saturated rings. The van der Waals surface area contributed by atoms with E-state index >= 15 is 0 Å². The summed E-state index contributed by atoms with van der Waals surface area (Å²) in [6, 6.07) is 3.51. The molecule has 0 radical (unpaired) electrons. The number of Topliss-reactive ketones (excluding diaryl/α,β-unsaturated/α-hetero) is 2. The Balaban J connectivity index is 2.06. The van der Waals surface area contributed by atoms with Crippen LogP contribution in [0.3, 0.4) is 0 Å². The summed E-state index contributed by atoms with van der Waals surface area (Å²) < 4.78 is 6.04. The summed E-state index contributed by atoms with van der Waals surface area (Å²) in [5, 5.41) is 8.97. The van der Waals surface area contributed by atoms with E-state index in [1.54, 1.807) is 12.1 Å². The van der Waals surface area contributed by atoms with Crippen LogP contribution in [0.2, 0.25) is 0 Å². The molecule has 116 valence electrons. The number of rotatable bonds is 3. The smallest absolute Gasteiger partial charge is 0.303 e. The third-order valence-electron chi connectivity index (χ3n) is 4.56. The van der Waals surface area contributed by atoms with E-state index in [-0.39, 0.29) is 36.2 Å². The highest BCUT2D eigenvalue weighted by Gasteiger charge is 2.50. The zero-order valence-electron chi connectivity index (χ0n) is 12.0. The maximum absolute atomic E-state index is 12.7. The van der Waals surface area contributed by atoms with Gasteiger partial charge in [-0.15, -0.1) is 0 Å². The van der Waals surface area contributed by atoms with E-state index in [1.165, 1.54) is 7.11 Å². The summed E-state index contributed by atoms with van der Waals surface area (Å²) in [6.45, 7) is 0. The van der Waals surface area contributed by atoms with Crippen molar-refractivity contribution in [2.45, 2.75) is 25.2 Å². The summed E-state index contributed by atoms with van der Waals surface area (Å²) in [7, 11) is 1.49. The van der Waals surface area contributed by atoms with Crippen molar-refractivity contribution in [1.82, 2.24) is 0 Å². The van der Waals surface area contributed by atoms with Gasteiger partial charge >= 0.3 is 5.97 Å². The largest absolute Gasteiger partial charge is 0.496 e. The molecular formula is C16H15BrO5. The third kappa shape index (κ3) is 2.26. The molecule has 1 aromatic carbocycles. The Morgan fingerprint density at radius 2 is 2.14 bits per heavy atom. The highest BCUT2D eigenvalue weighted by atomic mass is 79.9. The molecule has 22 heavy (non-hydrogen) atoms. The number of aliphatic carboxylic acids is 1. The van der Waals surface area contributed by atoms with Gasteiger partial charge in [-0.1, -0.05) is 15.9 Å². The topological polar surface area (TPSA) is 80.7 Å². The quantitative estimate of drug-likeness (QED) is 0.831. The number of carbonyl (C=O) groups is 3. The number of halogens is 1. The fraction of sp³-hybridized carbons (Fsp3) is 0.438. The molecule has 1 saturated carbocycles. The first-order valence-corrected chi connectivity index (χ1v) is 7.88. The first-order valence-electron chi connectivity index (χ1n) is 7.09. The van der Waals surface area contributed by atoms with Crippen molar-refractivity contribution in [2.24, 2.45) is 11.8 Å². The Labute approximate surface area is 135 Å². The molecule has 5 nitrogen and oxygen atoms in total. The molecule has 0 spiro atoms. The van der Waals surface area contributed by atoms with E-state index < -0.39 is 11.9 Å². The van der Waals surface area contributed by atoms with Gasteiger partial charge in [0, 0.05) is 23.2 Å². The number of hydrogen-bond acceptors (Lipinski definition) is 4. The van der Waals surface area contributed by atoms with E-state index in [2.05, 4.69) is 15.9 Å². The van der Waals surface area contributed by atoms with Crippen molar-refractivity contribution in [3.8, 4) is 5.75 Å². The number of ether oxygens (including phenoxy) is 1. The third-order valence-corrected chi connectivity index (χ3v) is 5.25. The lowest BCUT2D eigenvalue weighted by Gasteiger charge is -2.29. The fourth-order valence-corrected chi connectivity index (χ4v) is 4.37. The molecule has 0 heterocycles. The van der Waals surface area contributed by atoms with Crippen LogP contribution in [0, 0.1) is 11.8 Å². The minimum absolute atomic E-state index is 0.0416. The molecule has 0 amide bonds. The minimum Gasteiger partial charge on any atom is -0.496 e. The molecular weight excluding hydrogens is 352 g/mol. The summed E-state index contributed by atoms with van der Waals surface area (Å²) in [5.41, 5.74) is 1.26. The standard InChI is InChI=1S/C16H15BrO5/c1-22-11-3-2-9(17)13-8-4-7(6-12(19)20)5-10(18)14(8)16(21)15(11)13/h2-3,7-8,14H,4-6H2,1H3,(H,19,20)/t7-,8+,14+/m1/s1. The lowest BCUT2D eigenvalue weighted by molar-refractivity contribution is -0.138. The van der Waals surface area contributed by atoms with Gasteiger partial charge in [0.2, 0.25) is 0 Å². The molecule has 1 aromatic rings. The second-order valence-corrected chi connectivity index (χ2v) is 6.71. The summed E-state index contributed by atoms with van der Waals surface area (Å²) >= 11 is 3.46. The van der Waals surface area contributed by atoms with Gasteiger partial charge in [0.05, 0.1) is 18.6 Å². The molecule has 3 atom stereocenters. The van der Waals surface area contributed by atoms with Crippen LogP contribution in [-0.4, -0.2) is 29.8 Å². The monoisotopic (exact) mass is 366 g/mol. The second-order valence-electron chi connectivity index (χ2n) is 5.86. The average molecular weight is 367 g/mol. The van der Waals surface area contributed by atoms with Crippen molar-refractivity contribution in [3.05, 3.63) is 27.7 Å². The first kappa shape index (κ1) is 15.2. The zero-order valence-corrected chi connectivity index (χ0v) is 13.6. The number of carboxylic acids is 1. The predicted octanol–water partition coefficient (Wildman–Crippen LogP) is 2.81. The lowest BCUT2D eigenvalue weighted by atomic mass is 9.72. The van der Waals surface area contributed by atoms with Crippen LogP contribution < -0.4 is 4.74 Å². The van der Waals surface area contributed by atoms with Crippen LogP contribution in [0.4, 0.5) is 0 Å². The maximum Gasteiger partial charge on any atom is 0.303 e. The van der Waals surface area contributed by atoms with E-state index in [0.29, 0.717) is 17.7 Å². The second kappa shape index (κ2) is 5.50. The molecule has 3 rings (SSSR count). The van der Waals surface area contributed by atoms with Gasteiger partial charge in [-0.2, -0.15) is 0 Å². The Hall–Kier alpha value is -1.69. The van der Waals surface area contributed by atoms with E-state index in [0.717, 1.165) is 10.0 Å². The number of fused-ring (bicyclic) bond motifs is 3. The molecule has 0 saturated heterocycles. The first-order chi connectivity index (χ1) is 10.4. The van der Waals surface area contributed by atoms with Crippen LogP contribution in [0.1, 0.15) is 41.1 Å². The predicted molar refractivity (Wildman–Crippen MR) is 81.2 cm³/mol. The molecule has 1 N–H and O–H groups in total. The van der Waals surface area contributed by atoms with Gasteiger partial charge in [-0.3, -0.25) is 14.4 Å². The number of hydrogen-bond donors (Lipinski definition) is 1. The molecule has 0 unspecified atom stereocenters. The fourth-order valence-electron chi connectivity index (χ4n) is 3.75. The average Bonchev–Trinajstić information content (AvgIpc) is 2.74. The molecule has 0 aromatic heterocycles. The van der Waals surface area contributed by atoms with Gasteiger partial charge in [0.15, 0.2) is 5.78 Å². The van der Waals surface area contributed by atoms with Crippen molar-refractivity contribution < 1.29 is 24.2 Å². The summed E-state index contributed by atoms with van der Waals surface area (Å²) in [6.07, 6.45) is 0.653. The van der Waals surface area contributed by atoms with Crippen LogP contribution in [0.25, 0.3) is 0 Å². The molecule has 2 aliphatic rings. The minimum atomic E-state index is -0.912. The van der Waals surface area contributed by atoms with Gasteiger partial charge in [0.1, 0.15) is 11.5 Å². The number of ketones is 2. The Morgan fingerprint density at radius 3 is 2.77 bits per heavy atom. The van der Waals surface area contributed by atoms with Gasteiger partial charge in [-0.05, 0) is 30.0 Å². The molecule has 0 aliphatic heterocycles. The number of carboxylic acid groups (broad SMARTS) is 1. The highest BCUT2D eigenvalue weighted by molar-refractivity contribution is 9.10. The van der Waals surface area contributed by atoms with Gasteiger partial charge < -0.3 is 9.84 Å². The van der Waals surface area contributed by atoms with Crippen molar-refractivity contribution >= 4 is 33.5 Å². The Morgan fingerprint density at radius 1 is 1.41 bits per heavy atom.